The Balaban J connectivity index is 3.07. The second-order valence-corrected chi connectivity index (χ2v) is 6.31. The van der Waals surface area contributed by atoms with E-state index < -0.39 is 41.4 Å². The van der Waals surface area contributed by atoms with Crippen LogP contribution in [0.3, 0.4) is 0 Å². The van der Waals surface area contributed by atoms with Gasteiger partial charge in [0.05, 0.1) is 20.3 Å². The average molecular weight is 315 g/mol. The van der Waals surface area contributed by atoms with E-state index in [4.69, 9.17) is 14.2 Å². The van der Waals surface area contributed by atoms with Crippen molar-refractivity contribution in [1.29, 1.82) is 0 Å². The molecule has 1 aliphatic rings. The number of esters is 2. The van der Waals surface area contributed by atoms with Gasteiger partial charge >= 0.3 is 11.9 Å². The molecule has 0 bridgehead atoms. The fourth-order valence-corrected chi connectivity index (χ4v) is 2.35. The second-order valence-electron chi connectivity index (χ2n) is 6.31. The molecule has 1 heterocycles. The molecule has 7 nitrogen and oxygen atoms in total. The zero-order valence-electron chi connectivity index (χ0n) is 14.0. The van der Waals surface area contributed by atoms with Crippen LogP contribution in [0.5, 0.6) is 0 Å². The normalized spacial score (nSPS) is 23.1. The molecule has 7 heteroatoms. The third kappa shape index (κ3) is 3.76. The number of carbonyl (C=O) groups is 3. The molecule has 1 fully saturated rings. The topological polar surface area (TPSA) is 82.1 Å². The van der Waals surface area contributed by atoms with Gasteiger partial charge in [0.25, 0.3) is 0 Å². The predicted octanol–water partition coefficient (Wildman–Crippen LogP) is 0.958. The van der Waals surface area contributed by atoms with E-state index in [2.05, 4.69) is 0 Å². The zero-order chi connectivity index (χ0) is 17.1. The molecule has 3 atom stereocenters. The van der Waals surface area contributed by atoms with Crippen LogP contribution >= 0.6 is 0 Å². The lowest BCUT2D eigenvalue weighted by Crippen LogP contribution is -2.53. The minimum Gasteiger partial charge on any atom is -0.467 e. The summed E-state index contributed by atoms with van der Waals surface area (Å²) in [5, 5.41) is 0. The number of hydrogen-bond acceptors (Lipinski definition) is 6. The predicted molar refractivity (Wildman–Crippen MR) is 77.6 cm³/mol. The van der Waals surface area contributed by atoms with Crippen LogP contribution in [-0.2, 0) is 28.6 Å². The summed E-state index contributed by atoms with van der Waals surface area (Å²) < 4.78 is 15.2. The SMILES string of the molecule is CCOC(=O)C(C)C(=O)N1[C@@H](C(=O)OC)CO[C@H]1C(C)(C)C. The van der Waals surface area contributed by atoms with Crippen LogP contribution in [0.4, 0.5) is 0 Å². The first-order valence-electron chi connectivity index (χ1n) is 7.33. The summed E-state index contributed by atoms with van der Waals surface area (Å²) in [5.41, 5.74) is -0.410. The molecule has 0 aromatic heterocycles. The zero-order valence-corrected chi connectivity index (χ0v) is 14.0. The third-order valence-corrected chi connectivity index (χ3v) is 3.48. The molecule has 22 heavy (non-hydrogen) atoms. The molecule has 1 unspecified atom stereocenters. The Morgan fingerprint density at radius 3 is 2.36 bits per heavy atom. The summed E-state index contributed by atoms with van der Waals surface area (Å²) in [6, 6.07) is -0.849. The van der Waals surface area contributed by atoms with Gasteiger partial charge in [-0.05, 0) is 13.8 Å². The molecule has 0 radical (unpaired) electrons. The molecular formula is C15H25NO6. The molecule has 1 aliphatic heterocycles. The highest BCUT2D eigenvalue weighted by molar-refractivity contribution is 5.99. The summed E-state index contributed by atoms with van der Waals surface area (Å²) in [4.78, 5) is 37.7. The van der Waals surface area contributed by atoms with Crippen LogP contribution in [0.15, 0.2) is 0 Å². The van der Waals surface area contributed by atoms with Crippen LogP contribution in [0.2, 0.25) is 0 Å². The minimum absolute atomic E-state index is 0.0515. The van der Waals surface area contributed by atoms with Crippen molar-refractivity contribution < 1.29 is 28.6 Å². The highest BCUT2D eigenvalue weighted by Crippen LogP contribution is 2.33. The Hall–Kier alpha value is -1.63. The van der Waals surface area contributed by atoms with E-state index in [1.807, 2.05) is 20.8 Å². The Labute approximate surface area is 130 Å². The molecule has 0 spiro atoms. The van der Waals surface area contributed by atoms with E-state index >= 15 is 0 Å². The van der Waals surface area contributed by atoms with Gasteiger partial charge in [0.15, 0.2) is 6.04 Å². The molecule has 0 aliphatic carbocycles. The Morgan fingerprint density at radius 1 is 1.32 bits per heavy atom. The number of carbonyl (C=O) groups excluding carboxylic acids is 3. The first-order valence-corrected chi connectivity index (χ1v) is 7.33. The number of amides is 1. The summed E-state index contributed by atoms with van der Waals surface area (Å²) in [6.07, 6.45) is -0.610. The molecule has 0 aromatic rings. The lowest BCUT2D eigenvalue weighted by atomic mass is 9.92. The molecule has 1 saturated heterocycles. The molecule has 0 aromatic carbocycles. The van der Waals surface area contributed by atoms with Crippen molar-refractivity contribution in [3.8, 4) is 0 Å². The van der Waals surface area contributed by atoms with Gasteiger partial charge in [-0.25, -0.2) is 4.79 Å². The fourth-order valence-electron chi connectivity index (χ4n) is 2.35. The third-order valence-electron chi connectivity index (χ3n) is 3.48. The Bertz CT molecular complexity index is 442. The minimum atomic E-state index is -1.00. The van der Waals surface area contributed by atoms with E-state index in [0.29, 0.717) is 0 Å². The molecule has 1 amide bonds. The molecule has 1 rings (SSSR count). The number of methoxy groups -OCH3 is 1. The summed E-state index contributed by atoms with van der Waals surface area (Å²) in [6.45, 7) is 9.06. The van der Waals surface area contributed by atoms with Gasteiger partial charge in [-0.1, -0.05) is 20.8 Å². The molecular weight excluding hydrogens is 290 g/mol. The average Bonchev–Trinajstić information content (AvgIpc) is 2.89. The first kappa shape index (κ1) is 18.4. The van der Waals surface area contributed by atoms with Crippen LogP contribution in [0.1, 0.15) is 34.6 Å². The maximum atomic E-state index is 12.7. The van der Waals surface area contributed by atoms with Crippen molar-refractivity contribution in [3.63, 3.8) is 0 Å². The van der Waals surface area contributed by atoms with Crippen LogP contribution < -0.4 is 0 Å². The summed E-state index contributed by atoms with van der Waals surface area (Å²) in [7, 11) is 1.25. The quantitative estimate of drug-likeness (QED) is 0.567. The monoisotopic (exact) mass is 315 g/mol. The Kier molecular flexibility index (Phi) is 5.93. The van der Waals surface area contributed by atoms with Crippen molar-refractivity contribution in [3.05, 3.63) is 0 Å². The van der Waals surface area contributed by atoms with Crippen molar-refractivity contribution in [1.82, 2.24) is 4.90 Å². The van der Waals surface area contributed by atoms with Crippen molar-refractivity contribution in [2.24, 2.45) is 11.3 Å². The van der Waals surface area contributed by atoms with Gasteiger partial charge < -0.3 is 14.2 Å². The number of rotatable bonds is 4. The molecule has 0 saturated carbocycles. The van der Waals surface area contributed by atoms with Gasteiger partial charge in [0, 0.05) is 5.41 Å². The summed E-state index contributed by atoms with van der Waals surface area (Å²) >= 11 is 0. The first-order chi connectivity index (χ1) is 10.1. The largest absolute Gasteiger partial charge is 0.467 e. The molecule has 0 N–H and O–H groups in total. The van der Waals surface area contributed by atoms with Crippen LogP contribution in [0.25, 0.3) is 0 Å². The van der Waals surface area contributed by atoms with Crippen molar-refractivity contribution in [2.45, 2.75) is 46.9 Å². The van der Waals surface area contributed by atoms with Gasteiger partial charge in [0.2, 0.25) is 5.91 Å². The van der Waals surface area contributed by atoms with E-state index in [1.165, 1.54) is 18.9 Å². The van der Waals surface area contributed by atoms with E-state index in [1.54, 1.807) is 6.92 Å². The lowest BCUT2D eigenvalue weighted by molar-refractivity contribution is -0.164. The van der Waals surface area contributed by atoms with E-state index in [9.17, 15) is 14.4 Å². The summed E-state index contributed by atoms with van der Waals surface area (Å²) in [5.74, 6) is -2.67. The van der Waals surface area contributed by atoms with Gasteiger partial charge in [-0.3, -0.25) is 14.5 Å². The van der Waals surface area contributed by atoms with Crippen LogP contribution in [0, 0.1) is 11.3 Å². The fraction of sp³-hybridized carbons (Fsp3) is 0.800. The van der Waals surface area contributed by atoms with Crippen molar-refractivity contribution >= 4 is 17.8 Å². The van der Waals surface area contributed by atoms with Gasteiger partial charge in [0.1, 0.15) is 12.1 Å². The smallest absolute Gasteiger partial charge is 0.331 e. The number of ether oxygens (including phenoxy) is 3. The number of nitrogens with zero attached hydrogens (tertiary/aromatic N) is 1. The highest BCUT2D eigenvalue weighted by atomic mass is 16.5. The molecule has 126 valence electrons. The standard InChI is InChI=1S/C15H25NO6/c1-7-21-12(18)9(2)11(17)16-10(13(19)20-6)8-22-14(16)15(3,4)5/h9-10,14H,7-8H2,1-6H3/t9?,10-,14+/m1/s1. The van der Waals surface area contributed by atoms with E-state index in [-0.39, 0.29) is 13.2 Å². The number of hydrogen-bond donors (Lipinski definition) is 0. The maximum Gasteiger partial charge on any atom is 0.331 e. The second kappa shape index (κ2) is 7.09. The maximum absolute atomic E-state index is 12.7. The lowest BCUT2D eigenvalue weighted by Gasteiger charge is -2.36. The van der Waals surface area contributed by atoms with Crippen molar-refractivity contribution in [2.75, 3.05) is 20.3 Å². The Morgan fingerprint density at radius 2 is 1.91 bits per heavy atom. The van der Waals surface area contributed by atoms with Gasteiger partial charge in [-0.2, -0.15) is 0 Å². The van der Waals surface area contributed by atoms with E-state index in [0.717, 1.165) is 0 Å². The van der Waals surface area contributed by atoms with Gasteiger partial charge in [-0.15, -0.1) is 0 Å². The van der Waals surface area contributed by atoms with Crippen LogP contribution in [-0.4, -0.2) is 55.3 Å². The highest BCUT2D eigenvalue weighted by Gasteiger charge is 2.49.